The lowest BCUT2D eigenvalue weighted by molar-refractivity contribution is -0.158. The summed E-state index contributed by atoms with van der Waals surface area (Å²) in [4.78, 5) is 23.1. The zero-order valence-corrected chi connectivity index (χ0v) is 13.9. The predicted octanol–water partition coefficient (Wildman–Crippen LogP) is 2.82. The third-order valence-electron chi connectivity index (χ3n) is 2.53. The van der Waals surface area contributed by atoms with Gasteiger partial charge in [-0.1, -0.05) is 0 Å². The fourth-order valence-electron chi connectivity index (χ4n) is 1.80. The summed E-state index contributed by atoms with van der Waals surface area (Å²) < 4.78 is 15.7. The topological polar surface area (TPSA) is 87.8 Å². The van der Waals surface area contributed by atoms with E-state index in [4.69, 9.17) is 19.9 Å². The van der Waals surface area contributed by atoms with Gasteiger partial charge in [0.05, 0.1) is 11.3 Å². The van der Waals surface area contributed by atoms with Crippen molar-refractivity contribution in [2.24, 2.45) is 0 Å². The summed E-state index contributed by atoms with van der Waals surface area (Å²) in [5.41, 5.74) is 6.51. The average molecular weight is 309 g/mol. The molecule has 1 atom stereocenters. The molecule has 22 heavy (non-hydrogen) atoms. The van der Waals surface area contributed by atoms with Crippen molar-refractivity contribution in [2.75, 3.05) is 5.73 Å². The first-order valence-electron chi connectivity index (χ1n) is 6.97. The fourth-order valence-corrected chi connectivity index (χ4v) is 1.80. The van der Waals surface area contributed by atoms with Gasteiger partial charge in [-0.25, -0.2) is 4.79 Å². The molecule has 1 aromatic carbocycles. The van der Waals surface area contributed by atoms with Gasteiger partial charge < -0.3 is 19.9 Å². The van der Waals surface area contributed by atoms with Gasteiger partial charge in [0, 0.05) is 13.8 Å². The Morgan fingerprint density at radius 2 is 1.82 bits per heavy atom. The normalized spacial score (nSPS) is 12.5. The summed E-state index contributed by atoms with van der Waals surface area (Å²) in [6.45, 7) is 9.98. The van der Waals surface area contributed by atoms with Crippen molar-refractivity contribution in [2.45, 2.75) is 53.4 Å². The molecule has 0 aliphatic rings. The lowest BCUT2D eigenvalue weighted by atomic mass is 10.1. The number of carbonyl (C=O) groups is 2. The van der Waals surface area contributed by atoms with Crippen LogP contribution in [0.15, 0.2) is 12.1 Å². The van der Waals surface area contributed by atoms with E-state index in [9.17, 15) is 9.59 Å². The Morgan fingerprint density at radius 3 is 2.32 bits per heavy atom. The molecule has 0 spiro atoms. The van der Waals surface area contributed by atoms with Crippen LogP contribution in [-0.2, 0) is 14.3 Å². The highest BCUT2D eigenvalue weighted by Crippen LogP contribution is 2.30. The summed E-state index contributed by atoms with van der Waals surface area (Å²) in [6, 6.07) is 3.30. The van der Waals surface area contributed by atoms with Gasteiger partial charge in [0.15, 0.2) is 0 Å². The van der Waals surface area contributed by atoms with Gasteiger partial charge in [-0.15, -0.1) is 0 Å². The van der Waals surface area contributed by atoms with Crippen LogP contribution in [0.5, 0.6) is 5.75 Å². The van der Waals surface area contributed by atoms with E-state index in [1.807, 2.05) is 0 Å². The van der Waals surface area contributed by atoms with Crippen LogP contribution in [0.1, 0.15) is 50.5 Å². The van der Waals surface area contributed by atoms with Crippen LogP contribution >= 0.6 is 0 Å². The molecule has 0 amide bonds. The second-order valence-corrected chi connectivity index (χ2v) is 6.02. The van der Waals surface area contributed by atoms with Crippen molar-refractivity contribution in [1.82, 2.24) is 0 Å². The maximum atomic E-state index is 12.2. The number of nitrogen functional groups attached to an aromatic ring is 1. The molecule has 0 aromatic heterocycles. The second kappa shape index (κ2) is 6.68. The van der Waals surface area contributed by atoms with Gasteiger partial charge in [-0.05, 0) is 45.4 Å². The summed E-state index contributed by atoms with van der Waals surface area (Å²) >= 11 is 0. The Kier molecular flexibility index (Phi) is 5.41. The molecular formula is C16H23NO5. The molecule has 6 nitrogen and oxygen atoms in total. The van der Waals surface area contributed by atoms with E-state index in [0.717, 1.165) is 5.56 Å². The SMILES string of the molecule is CC(=O)OC(C)Oc1cc(C)cc(C(=O)OC(C)(C)C)c1N. The summed E-state index contributed by atoms with van der Waals surface area (Å²) in [6.07, 6.45) is -0.812. The van der Waals surface area contributed by atoms with Gasteiger partial charge in [0.25, 0.3) is 0 Å². The second-order valence-electron chi connectivity index (χ2n) is 6.02. The van der Waals surface area contributed by atoms with Crippen LogP contribution in [0.4, 0.5) is 5.69 Å². The van der Waals surface area contributed by atoms with Crippen LogP contribution in [-0.4, -0.2) is 23.8 Å². The molecule has 0 heterocycles. The maximum Gasteiger partial charge on any atom is 0.340 e. The third kappa shape index (κ3) is 5.27. The van der Waals surface area contributed by atoms with Gasteiger partial charge in [0.1, 0.15) is 11.4 Å². The van der Waals surface area contributed by atoms with Crippen molar-refractivity contribution in [1.29, 1.82) is 0 Å². The van der Waals surface area contributed by atoms with Crippen LogP contribution in [0.25, 0.3) is 0 Å². The van der Waals surface area contributed by atoms with Crippen molar-refractivity contribution in [3.05, 3.63) is 23.3 Å². The molecule has 0 aliphatic heterocycles. The largest absolute Gasteiger partial charge is 0.456 e. The van der Waals surface area contributed by atoms with Gasteiger partial charge in [-0.2, -0.15) is 0 Å². The minimum absolute atomic E-state index is 0.152. The van der Waals surface area contributed by atoms with E-state index in [2.05, 4.69) is 0 Å². The Labute approximate surface area is 130 Å². The number of esters is 2. The molecule has 0 fully saturated rings. The van der Waals surface area contributed by atoms with E-state index in [0.29, 0.717) is 0 Å². The number of anilines is 1. The number of hydrogen-bond acceptors (Lipinski definition) is 6. The maximum absolute atomic E-state index is 12.2. The zero-order valence-electron chi connectivity index (χ0n) is 13.9. The van der Waals surface area contributed by atoms with E-state index in [1.54, 1.807) is 46.8 Å². The summed E-state index contributed by atoms with van der Waals surface area (Å²) in [5.74, 6) is -0.723. The van der Waals surface area contributed by atoms with E-state index < -0.39 is 23.8 Å². The van der Waals surface area contributed by atoms with Crippen LogP contribution < -0.4 is 10.5 Å². The first-order valence-corrected chi connectivity index (χ1v) is 6.97. The average Bonchev–Trinajstić information content (AvgIpc) is 2.29. The molecule has 0 aliphatic carbocycles. The first kappa shape index (κ1) is 17.8. The zero-order chi connectivity index (χ0) is 17.1. The highest BCUT2D eigenvalue weighted by molar-refractivity contribution is 5.97. The summed E-state index contributed by atoms with van der Waals surface area (Å²) in [5, 5.41) is 0. The number of aryl methyl sites for hydroxylation is 1. The molecule has 1 aromatic rings. The smallest absolute Gasteiger partial charge is 0.340 e. The molecule has 122 valence electrons. The Bertz CT molecular complexity index is 575. The highest BCUT2D eigenvalue weighted by atomic mass is 16.7. The van der Waals surface area contributed by atoms with Crippen molar-refractivity contribution in [3.8, 4) is 5.75 Å². The molecule has 2 N–H and O–H groups in total. The molecule has 0 saturated carbocycles. The van der Waals surface area contributed by atoms with E-state index in [1.165, 1.54) is 6.92 Å². The fraction of sp³-hybridized carbons (Fsp3) is 0.500. The van der Waals surface area contributed by atoms with Crippen molar-refractivity contribution in [3.63, 3.8) is 0 Å². The lowest BCUT2D eigenvalue weighted by Gasteiger charge is -2.21. The number of benzene rings is 1. The molecule has 0 radical (unpaired) electrons. The third-order valence-corrected chi connectivity index (χ3v) is 2.53. The minimum Gasteiger partial charge on any atom is -0.456 e. The van der Waals surface area contributed by atoms with Gasteiger partial charge in [-0.3, -0.25) is 4.79 Å². The summed E-state index contributed by atoms with van der Waals surface area (Å²) in [7, 11) is 0. The monoisotopic (exact) mass is 309 g/mol. The Hall–Kier alpha value is -2.24. The van der Waals surface area contributed by atoms with E-state index in [-0.39, 0.29) is 17.0 Å². The van der Waals surface area contributed by atoms with Crippen LogP contribution in [0.3, 0.4) is 0 Å². The molecular weight excluding hydrogens is 286 g/mol. The van der Waals surface area contributed by atoms with Crippen LogP contribution in [0, 0.1) is 6.92 Å². The molecule has 1 rings (SSSR count). The first-order chi connectivity index (χ1) is 9.99. The van der Waals surface area contributed by atoms with Crippen molar-refractivity contribution < 1.29 is 23.8 Å². The number of ether oxygens (including phenoxy) is 3. The Balaban J connectivity index is 3.07. The number of rotatable bonds is 4. The van der Waals surface area contributed by atoms with Crippen LogP contribution in [0.2, 0.25) is 0 Å². The predicted molar refractivity (Wildman–Crippen MR) is 82.6 cm³/mol. The molecule has 0 bridgehead atoms. The molecule has 1 unspecified atom stereocenters. The Morgan fingerprint density at radius 1 is 1.23 bits per heavy atom. The number of carbonyl (C=O) groups excluding carboxylic acids is 2. The van der Waals surface area contributed by atoms with Gasteiger partial charge >= 0.3 is 11.9 Å². The van der Waals surface area contributed by atoms with E-state index >= 15 is 0 Å². The number of nitrogens with two attached hydrogens (primary N) is 1. The lowest BCUT2D eigenvalue weighted by Crippen LogP contribution is -2.25. The quantitative estimate of drug-likeness (QED) is 0.523. The minimum atomic E-state index is -0.812. The number of hydrogen-bond donors (Lipinski definition) is 1. The highest BCUT2D eigenvalue weighted by Gasteiger charge is 2.22. The molecule has 6 heteroatoms. The standard InChI is InChI=1S/C16H23NO5/c1-9-7-12(15(19)22-16(4,5)6)14(17)13(8-9)21-11(3)20-10(2)18/h7-8,11H,17H2,1-6H3. The van der Waals surface area contributed by atoms with Gasteiger partial charge in [0.2, 0.25) is 6.29 Å². The molecule has 0 saturated heterocycles. The van der Waals surface area contributed by atoms with Crippen molar-refractivity contribution >= 4 is 17.6 Å².